The molecule has 0 aliphatic heterocycles. The molecule has 0 aliphatic rings. The molecule has 38 heavy (non-hydrogen) atoms. The third-order valence-corrected chi connectivity index (χ3v) is 7.38. The van der Waals surface area contributed by atoms with Gasteiger partial charge in [0.1, 0.15) is 27.3 Å². The molecular formula is C30H34N2O4S2. The third kappa shape index (κ3) is 8.34. The molecule has 0 radical (unpaired) electrons. The number of benzene rings is 3. The fourth-order valence-corrected chi connectivity index (χ4v) is 5.33. The van der Waals surface area contributed by atoms with Crippen LogP contribution in [0, 0.1) is 0 Å². The number of aryl methyl sites for hydroxylation is 1. The maximum atomic E-state index is 10.3. The van der Waals surface area contributed by atoms with E-state index in [9.17, 15) is 13.0 Å². The zero-order valence-corrected chi connectivity index (χ0v) is 23.8. The average molecular weight is 551 g/mol. The van der Waals surface area contributed by atoms with Gasteiger partial charge in [-0.2, -0.15) is 0 Å². The molecule has 0 bridgehead atoms. The molecule has 0 saturated carbocycles. The Hall–Kier alpha value is -3.33. The van der Waals surface area contributed by atoms with Crippen LogP contribution in [-0.4, -0.2) is 33.7 Å². The summed E-state index contributed by atoms with van der Waals surface area (Å²) in [6, 6.07) is 26.2. The molecule has 200 valence electrons. The van der Waals surface area contributed by atoms with Gasteiger partial charge in [0.05, 0.1) is 22.8 Å². The van der Waals surface area contributed by atoms with E-state index in [0.29, 0.717) is 0 Å². The first-order valence-corrected chi connectivity index (χ1v) is 14.7. The Kier molecular flexibility index (Phi) is 10.8. The van der Waals surface area contributed by atoms with E-state index in [2.05, 4.69) is 98.3 Å². The Morgan fingerprint density at radius 2 is 1.55 bits per heavy atom. The van der Waals surface area contributed by atoms with Crippen molar-refractivity contribution in [3.05, 3.63) is 97.3 Å². The number of rotatable bonds is 9. The summed E-state index contributed by atoms with van der Waals surface area (Å²) in [5.74, 6) is 0.924. The quantitative estimate of drug-likeness (QED) is 0.181. The molecule has 4 aromatic rings. The number of nitrogens with zero attached hydrogens (tertiary/aromatic N) is 2. The van der Waals surface area contributed by atoms with E-state index in [1.165, 1.54) is 50.9 Å². The number of ether oxygens (including phenoxy) is 1. The number of hydrogen-bond acceptors (Lipinski definition) is 6. The predicted octanol–water partition coefficient (Wildman–Crippen LogP) is 6.26. The van der Waals surface area contributed by atoms with Gasteiger partial charge >= 0.3 is 0 Å². The van der Waals surface area contributed by atoms with Gasteiger partial charge in [0.15, 0.2) is 12.4 Å². The van der Waals surface area contributed by atoms with Gasteiger partial charge < -0.3 is 14.2 Å². The van der Waals surface area contributed by atoms with Crippen LogP contribution >= 0.6 is 11.8 Å². The van der Waals surface area contributed by atoms with Crippen LogP contribution in [0.15, 0.2) is 112 Å². The first-order chi connectivity index (χ1) is 18.2. The molecule has 1 heterocycles. The zero-order valence-electron chi connectivity index (χ0n) is 22.2. The van der Waals surface area contributed by atoms with Gasteiger partial charge in [-0.15, -0.1) is 0 Å². The summed E-state index contributed by atoms with van der Waals surface area (Å²) in [6.07, 6.45) is 5.49. The van der Waals surface area contributed by atoms with Crippen LogP contribution < -0.4 is 14.2 Å². The van der Waals surface area contributed by atoms with Gasteiger partial charge in [-0.1, -0.05) is 67.2 Å². The van der Waals surface area contributed by atoms with Crippen molar-refractivity contribution >= 4 is 27.6 Å². The lowest BCUT2D eigenvalue weighted by Gasteiger charge is -2.20. The monoisotopic (exact) mass is 550 g/mol. The van der Waals surface area contributed by atoms with Crippen LogP contribution in [-0.2, 0) is 16.7 Å². The minimum absolute atomic E-state index is 0.185. The van der Waals surface area contributed by atoms with Gasteiger partial charge in [-0.25, -0.2) is 13.0 Å². The lowest BCUT2D eigenvalue weighted by molar-refractivity contribution is -0.694. The average Bonchev–Trinajstić information content (AvgIpc) is 2.92. The molecule has 8 heteroatoms. The fraction of sp³-hybridized carbons (Fsp3) is 0.233. The van der Waals surface area contributed by atoms with E-state index in [4.69, 9.17) is 4.74 Å². The lowest BCUT2D eigenvalue weighted by atomic mass is 10.0. The Bertz CT molecular complexity index is 1410. The van der Waals surface area contributed by atoms with E-state index in [0.717, 1.165) is 25.3 Å². The van der Waals surface area contributed by atoms with Crippen molar-refractivity contribution in [2.45, 2.75) is 41.5 Å². The lowest BCUT2D eigenvalue weighted by Crippen LogP contribution is -2.33. The zero-order chi connectivity index (χ0) is 27.5. The van der Waals surface area contributed by atoms with E-state index in [-0.39, 0.29) is 4.90 Å². The molecule has 0 saturated heterocycles. The molecule has 1 aromatic heterocycles. The van der Waals surface area contributed by atoms with E-state index in [1.54, 1.807) is 17.8 Å². The number of hydrogen-bond donors (Lipinski definition) is 0. The minimum atomic E-state index is -4.25. The van der Waals surface area contributed by atoms with Crippen LogP contribution in [0.25, 0.3) is 11.1 Å². The summed E-state index contributed by atoms with van der Waals surface area (Å²) in [5, 5.41) is 0. The van der Waals surface area contributed by atoms with Gasteiger partial charge in [0, 0.05) is 19.0 Å². The normalized spacial score (nSPS) is 10.9. The molecule has 0 unspecified atom stereocenters. The molecule has 0 fully saturated rings. The first kappa shape index (κ1) is 29.2. The third-order valence-electron chi connectivity index (χ3n) is 5.50. The molecule has 4 rings (SSSR count). The van der Waals surface area contributed by atoms with E-state index >= 15 is 0 Å². The SMILES string of the molecule is CCCOc1cccc(-c2c[n+](CC)cc(Sc3ccccc3)c2N(C)C)c1.O=S(=O)([O-])c1ccccc1. The van der Waals surface area contributed by atoms with E-state index in [1.807, 2.05) is 6.07 Å². The summed E-state index contributed by atoms with van der Waals surface area (Å²) in [5.41, 5.74) is 3.62. The Balaban J connectivity index is 0.000000336. The molecule has 0 amide bonds. The van der Waals surface area contributed by atoms with Crippen LogP contribution in [0.5, 0.6) is 5.75 Å². The highest BCUT2D eigenvalue weighted by Crippen LogP contribution is 2.40. The second-order valence-corrected chi connectivity index (χ2v) is 11.2. The van der Waals surface area contributed by atoms with Crippen LogP contribution in [0.3, 0.4) is 0 Å². The van der Waals surface area contributed by atoms with E-state index < -0.39 is 10.1 Å². The summed E-state index contributed by atoms with van der Waals surface area (Å²) in [6.45, 7) is 5.97. The van der Waals surface area contributed by atoms with Gasteiger partial charge in [-0.3, -0.25) is 0 Å². The first-order valence-electron chi connectivity index (χ1n) is 12.4. The van der Waals surface area contributed by atoms with Crippen LogP contribution in [0.2, 0.25) is 0 Å². The molecular weight excluding hydrogens is 516 g/mol. The van der Waals surface area contributed by atoms with Crippen LogP contribution in [0.4, 0.5) is 5.69 Å². The van der Waals surface area contributed by atoms with Gasteiger partial charge in [-0.05, 0) is 55.3 Å². The van der Waals surface area contributed by atoms with Crippen molar-refractivity contribution in [3.63, 3.8) is 0 Å². The predicted molar refractivity (Wildman–Crippen MR) is 153 cm³/mol. The number of pyridine rings is 1. The highest BCUT2D eigenvalue weighted by Gasteiger charge is 2.20. The van der Waals surface area contributed by atoms with Crippen LogP contribution in [0.1, 0.15) is 20.3 Å². The van der Waals surface area contributed by atoms with Crippen molar-refractivity contribution in [2.75, 3.05) is 25.6 Å². The highest BCUT2D eigenvalue weighted by molar-refractivity contribution is 7.99. The molecule has 0 spiro atoms. The Morgan fingerprint density at radius 3 is 2.11 bits per heavy atom. The van der Waals surface area contributed by atoms with Crippen molar-refractivity contribution < 1.29 is 22.3 Å². The maximum Gasteiger partial charge on any atom is 0.184 e. The smallest absolute Gasteiger partial charge is 0.184 e. The topological polar surface area (TPSA) is 73.5 Å². The second kappa shape index (κ2) is 14.0. The molecule has 0 N–H and O–H groups in total. The highest BCUT2D eigenvalue weighted by atomic mass is 32.2. The summed E-state index contributed by atoms with van der Waals surface area (Å²) < 4.78 is 39.0. The maximum absolute atomic E-state index is 10.3. The summed E-state index contributed by atoms with van der Waals surface area (Å²) in [4.78, 5) is 4.51. The van der Waals surface area contributed by atoms with Crippen molar-refractivity contribution in [1.29, 1.82) is 0 Å². The standard InChI is InChI=1S/C24H29N2OS.C6H6O3S/c1-5-15-27-20-12-10-11-19(16-20)22-17-26(6-2)18-23(24(22)25(3)4)28-21-13-8-7-9-14-21;7-10(8,9)6-4-2-1-3-5-6/h7-14,16-18H,5-6,15H2,1-4H3;1-5H,(H,7,8,9)/q+1;/p-1. The van der Waals surface area contributed by atoms with Gasteiger partial charge in [0.2, 0.25) is 0 Å². The molecule has 6 nitrogen and oxygen atoms in total. The van der Waals surface area contributed by atoms with Crippen molar-refractivity contribution in [1.82, 2.24) is 0 Å². The number of aromatic nitrogens is 1. The minimum Gasteiger partial charge on any atom is -0.744 e. The largest absolute Gasteiger partial charge is 0.744 e. The molecule has 3 aromatic carbocycles. The number of anilines is 1. The second-order valence-electron chi connectivity index (χ2n) is 8.67. The van der Waals surface area contributed by atoms with Crippen molar-refractivity contribution in [2.24, 2.45) is 0 Å². The Labute approximate surface area is 230 Å². The summed E-state index contributed by atoms with van der Waals surface area (Å²) >= 11 is 1.81. The summed E-state index contributed by atoms with van der Waals surface area (Å²) in [7, 11) is -0.0274. The fourth-order valence-electron chi connectivity index (χ4n) is 3.71. The molecule has 0 aliphatic carbocycles. The van der Waals surface area contributed by atoms with Crippen molar-refractivity contribution in [3.8, 4) is 16.9 Å². The van der Waals surface area contributed by atoms with Gasteiger partial charge in [0.25, 0.3) is 0 Å². The molecule has 0 atom stereocenters. The Morgan fingerprint density at radius 1 is 0.895 bits per heavy atom.